The molecular formula is C8H16N3OSi. The third-order valence-corrected chi connectivity index (χ3v) is 3.34. The molecule has 0 aliphatic rings. The van der Waals surface area contributed by atoms with E-state index in [0.29, 0.717) is 6.73 Å². The first kappa shape index (κ1) is 10.4. The standard InChI is InChI=1S/C8H16N3OSi/c1-13(2,3)5-4-12-8-11-7-9-6-10-11/h6H,4-5,8H2,1-3H3. The van der Waals surface area contributed by atoms with Gasteiger partial charge in [0.05, 0.1) is 0 Å². The minimum absolute atomic E-state index is 0.463. The molecule has 4 nitrogen and oxygen atoms in total. The summed E-state index contributed by atoms with van der Waals surface area (Å²) >= 11 is 0. The molecule has 0 aliphatic heterocycles. The van der Waals surface area contributed by atoms with Gasteiger partial charge in [0.15, 0.2) is 6.33 Å². The summed E-state index contributed by atoms with van der Waals surface area (Å²) in [5, 5.41) is 3.89. The Balaban J connectivity index is 2.09. The van der Waals surface area contributed by atoms with Gasteiger partial charge < -0.3 is 4.74 Å². The fraction of sp³-hybridized carbons (Fsp3) is 0.750. The van der Waals surface area contributed by atoms with Crippen molar-refractivity contribution in [3.63, 3.8) is 0 Å². The maximum absolute atomic E-state index is 5.42. The molecule has 0 fully saturated rings. The van der Waals surface area contributed by atoms with E-state index in [2.05, 4.69) is 36.1 Å². The van der Waals surface area contributed by atoms with Gasteiger partial charge >= 0.3 is 0 Å². The van der Waals surface area contributed by atoms with E-state index in [1.165, 1.54) is 12.4 Å². The Bertz CT molecular complexity index is 230. The molecular weight excluding hydrogens is 182 g/mol. The van der Waals surface area contributed by atoms with Gasteiger partial charge in [-0.25, -0.2) is 9.67 Å². The van der Waals surface area contributed by atoms with E-state index in [0.717, 1.165) is 6.61 Å². The van der Waals surface area contributed by atoms with Crippen molar-refractivity contribution in [2.24, 2.45) is 0 Å². The molecule has 0 bridgehead atoms. The highest BCUT2D eigenvalue weighted by Crippen LogP contribution is 2.07. The molecule has 0 aromatic carbocycles. The van der Waals surface area contributed by atoms with Crippen LogP contribution < -0.4 is 0 Å². The predicted molar refractivity (Wildman–Crippen MR) is 53.0 cm³/mol. The van der Waals surface area contributed by atoms with Crippen LogP contribution in [-0.4, -0.2) is 29.4 Å². The lowest BCUT2D eigenvalue weighted by Gasteiger charge is -2.14. The van der Waals surface area contributed by atoms with Gasteiger partial charge in [0.1, 0.15) is 13.1 Å². The Morgan fingerprint density at radius 1 is 1.46 bits per heavy atom. The summed E-state index contributed by atoms with van der Waals surface area (Å²) in [6.07, 6.45) is 4.14. The zero-order valence-corrected chi connectivity index (χ0v) is 9.45. The van der Waals surface area contributed by atoms with E-state index in [9.17, 15) is 0 Å². The fourth-order valence-electron chi connectivity index (χ4n) is 0.798. The summed E-state index contributed by atoms with van der Waals surface area (Å²) in [5.74, 6) is 0. The molecule has 0 unspecified atom stereocenters. The van der Waals surface area contributed by atoms with Crippen molar-refractivity contribution in [1.29, 1.82) is 0 Å². The van der Waals surface area contributed by atoms with Gasteiger partial charge in [-0.1, -0.05) is 19.6 Å². The van der Waals surface area contributed by atoms with Crippen LogP contribution in [0.1, 0.15) is 0 Å². The molecule has 0 aliphatic carbocycles. The summed E-state index contributed by atoms with van der Waals surface area (Å²) < 4.78 is 6.98. The summed E-state index contributed by atoms with van der Waals surface area (Å²) in [4.78, 5) is 3.71. The van der Waals surface area contributed by atoms with Gasteiger partial charge in [-0.3, -0.25) is 0 Å². The summed E-state index contributed by atoms with van der Waals surface area (Å²) in [7, 11) is -0.960. The van der Waals surface area contributed by atoms with Crippen molar-refractivity contribution in [3.05, 3.63) is 12.7 Å². The quantitative estimate of drug-likeness (QED) is 0.530. The summed E-state index contributed by atoms with van der Waals surface area (Å²) in [5.41, 5.74) is 0. The highest BCUT2D eigenvalue weighted by atomic mass is 28.3. The number of nitrogens with zero attached hydrogens (tertiary/aromatic N) is 3. The zero-order valence-electron chi connectivity index (χ0n) is 8.45. The molecule has 0 N–H and O–H groups in total. The molecule has 1 aromatic rings. The molecule has 0 spiro atoms. The van der Waals surface area contributed by atoms with Crippen LogP contribution >= 0.6 is 0 Å². The second-order valence-electron chi connectivity index (χ2n) is 4.21. The highest BCUT2D eigenvalue weighted by Gasteiger charge is 2.11. The molecule has 0 amide bonds. The van der Waals surface area contributed by atoms with Crippen molar-refractivity contribution >= 4 is 8.07 Å². The van der Waals surface area contributed by atoms with Crippen LogP contribution in [0.2, 0.25) is 25.7 Å². The molecule has 13 heavy (non-hydrogen) atoms. The Labute approximate surface area is 79.9 Å². The molecule has 0 saturated carbocycles. The van der Waals surface area contributed by atoms with Gasteiger partial charge in [-0.15, -0.1) is 0 Å². The second kappa shape index (κ2) is 4.52. The number of hydrogen-bond donors (Lipinski definition) is 0. The van der Waals surface area contributed by atoms with E-state index in [1.54, 1.807) is 4.68 Å². The van der Waals surface area contributed by atoms with Crippen LogP contribution in [0, 0.1) is 6.33 Å². The molecule has 73 valence electrons. The normalized spacial score (nSPS) is 11.9. The molecule has 5 heteroatoms. The largest absolute Gasteiger partial charge is 0.359 e. The Morgan fingerprint density at radius 3 is 2.77 bits per heavy atom. The lowest BCUT2D eigenvalue weighted by Crippen LogP contribution is -2.22. The van der Waals surface area contributed by atoms with E-state index < -0.39 is 8.07 Å². The average molecular weight is 198 g/mol. The van der Waals surface area contributed by atoms with Crippen molar-refractivity contribution in [1.82, 2.24) is 14.8 Å². The van der Waals surface area contributed by atoms with Crippen LogP contribution in [0.4, 0.5) is 0 Å². The fourth-order valence-corrected chi connectivity index (χ4v) is 1.55. The lowest BCUT2D eigenvalue weighted by molar-refractivity contribution is 0.0777. The van der Waals surface area contributed by atoms with Crippen LogP contribution in [-0.2, 0) is 11.5 Å². The molecule has 1 heterocycles. The first-order chi connectivity index (χ1) is 6.08. The smallest absolute Gasteiger partial charge is 0.198 e. The lowest BCUT2D eigenvalue weighted by atomic mass is 10.8. The third-order valence-electron chi connectivity index (χ3n) is 1.63. The van der Waals surface area contributed by atoms with Gasteiger partial charge in [-0.05, 0) is 6.04 Å². The van der Waals surface area contributed by atoms with Gasteiger partial charge in [0, 0.05) is 14.7 Å². The SMILES string of the molecule is C[Si](C)(C)CCOCn1[c]ncn1. The minimum atomic E-state index is -0.960. The maximum atomic E-state index is 5.42. The topological polar surface area (TPSA) is 39.9 Å². The van der Waals surface area contributed by atoms with Crippen molar-refractivity contribution in [2.45, 2.75) is 32.4 Å². The van der Waals surface area contributed by atoms with Crippen LogP contribution in [0.15, 0.2) is 6.33 Å². The van der Waals surface area contributed by atoms with Crippen LogP contribution in [0.25, 0.3) is 0 Å². The number of hydrogen-bond acceptors (Lipinski definition) is 3. The Hall–Kier alpha value is -0.683. The predicted octanol–water partition coefficient (Wildman–Crippen LogP) is 1.39. The van der Waals surface area contributed by atoms with Gasteiger partial charge in [0.2, 0.25) is 0 Å². The van der Waals surface area contributed by atoms with E-state index >= 15 is 0 Å². The average Bonchev–Trinajstić information content (AvgIpc) is 2.48. The number of ether oxygens (including phenoxy) is 1. The molecule has 0 atom stereocenters. The maximum Gasteiger partial charge on any atom is 0.198 e. The van der Waals surface area contributed by atoms with Crippen molar-refractivity contribution in [3.8, 4) is 0 Å². The van der Waals surface area contributed by atoms with E-state index in [-0.39, 0.29) is 0 Å². The van der Waals surface area contributed by atoms with E-state index in [4.69, 9.17) is 4.74 Å². The summed E-state index contributed by atoms with van der Waals surface area (Å²) in [6.45, 7) is 8.27. The Kier molecular flexibility index (Phi) is 3.62. The van der Waals surface area contributed by atoms with Crippen molar-refractivity contribution in [2.75, 3.05) is 6.61 Å². The number of rotatable bonds is 5. The molecule has 1 radical (unpaired) electrons. The second-order valence-corrected chi connectivity index (χ2v) is 9.83. The van der Waals surface area contributed by atoms with Gasteiger partial charge in [0.25, 0.3) is 0 Å². The first-order valence-electron chi connectivity index (χ1n) is 4.41. The van der Waals surface area contributed by atoms with Crippen molar-refractivity contribution < 1.29 is 4.74 Å². The molecule has 0 saturated heterocycles. The highest BCUT2D eigenvalue weighted by molar-refractivity contribution is 6.76. The molecule has 1 aromatic heterocycles. The first-order valence-corrected chi connectivity index (χ1v) is 8.12. The monoisotopic (exact) mass is 198 g/mol. The zero-order chi connectivity index (χ0) is 9.73. The van der Waals surface area contributed by atoms with Crippen LogP contribution in [0.5, 0.6) is 0 Å². The summed E-state index contributed by atoms with van der Waals surface area (Å²) in [6, 6.07) is 1.18. The molecule has 1 rings (SSSR count). The minimum Gasteiger partial charge on any atom is -0.359 e. The third kappa shape index (κ3) is 4.79. The van der Waals surface area contributed by atoms with Gasteiger partial charge in [-0.2, -0.15) is 5.10 Å². The van der Waals surface area contributed by atoms with Crippen LogP contribution in [0.3, 0.4) is 0 Å². The number of aromatic nitrogens is 3. The van der Waals surface area contributed by atoms with E-state index in [1.807, 2.05) is 0 Å². The Morgan fingerprint density at radius 2 is 2.23 bits per heavy atom.